The molecule has 0 aliphatic rings. The van der Waals surface area contributed by atoms with Gasteiger partial charge in [-0.05, 0) is 25.1 Å². The lowest BCUT2D eigenvalue weighted by atomic mass is 10.2. The lowest BCUT2D eigenvalue weighted by Crippen LogP contribution is -2.30. The van der Waals surface area contributed by atoms with E-state index in [1.165, 1.54) is 6.92 Å². The fraction of sp³-hybridized carbons (Fsp3) is 0.118. The van der Waals surface area contributed by atoms with Crippen LogP contribution in [0.15, 0.2) is 36.4 Å². The van der Waals surface area contributed by atoms with Crippen LogP contribution in [0.3, 0.4) is 0 Å². The van der Waals surface area contributed by atoms with E-state index in [4.69, 9.17) is 4.74 Å². The third-order valence-electron chi connectivity index (χ3n) is 3.61. The van der Waals surface area contributed by atoms with E-state index in [2.05, 4.69) is 10.2 Å². The van der Waals surface area contributed by atoms with Crippen LogP contribution in [0, 0.1) is 17.5 Å². The minimum absolute atomic E-state index is 0.0146. The first-order chi connectivity index (χ1) is 12.4. The van der Waals surface area contributed by atoms with Gasteiger partial charge in [-0.25, -0.2) is 18.0 Å². The van der Waals surface area contributed by atoms with Crippen LogP contribution < -0.4 is 5.32 Å². The van der Waals surface area contributed by atoms with Crippen molar-refractivity contribution in [2.45, 2.75) is 13.0 Å². The second-order valence-corrected chi connectivity index (χ2v) is 5.38. The van der Waals surface area contributed by atoms with E-state index in [0.717, 1.165) is 6.07 Å². The molecule has 6 nitrogen and oxygen atoms in total. The van der Waals surface area contributed by atoms with Crippen molar-refractivity contribution in [2.24, 2.45) is 0 Å². The third-order valence-corrected chi connectivity index (χ3v) is 3.61. The smallest absolute Gasteiger partial charge is 0.360 e. The maximum absolute atomic E-state index is 13.6. The molecule has 9 heteroatoms. The van der Waals surface area contributed by atoms with Crippen molar-refractivity contribution in [3.8, 4) is 0 Å². The molecule has 1 aromatic heterocycles. The average Bonchev–Trinajstić information content (AvgIpc) is 3.06. The minimum Gasteiger partial charge on any atom is -0.448 e. The second-order valence-electron chi connectivity index (χ2n) is 5.38. The highest BCUT2D eigenvalue weighted by atomic mass is 19.2. The van der Waals surface area contributed by atoms with Crippen LogP contribution in [-0.4, -0.2) is 28.2 Å². The lowest BCUT2D eigenvalue weighted by molar-refractivity contribution is -0.123. The molecule has 0 aliphatic carbocycles. The Hall–Kier alpha value is -3.36. The number of fused-ring (bicyclic) bond motifs is 1. The van der Waals surface area contributed by atoms with Gasteiger partial charge in [0.05, 0.1) is 11.2 Å². The van der Waals surface area contributed by atoms with Gasteiger partial charge in [0, 0.05) is 5.39 Å². The number of benzene rings is 2. The molecule has 0 unspecified atom stereocenters. The van der Waals surface area contributed by atoms with Crippen LogP contribution in [0.4, 0.5) is 18.9 Å². The molecule has 1 heterocycles. The van der Waals surface area contributed by atoms with E-state index in [1.54, 1.807) is 24.3 Å². The van der Waals surface area contributed by atoms with Crippen molar-refractivity contribution in [1.29, 1.82) is 0 Å². The molecule has 0 saturated heterocycles. The molecule has 134 valence electrons. The van der Waals surface area contributed by atoms with Crippen LogP contribution in [0.25, 0.3) is 10.9 Å². The zero-order chi connectivity index (χ0) is 18.8. The van der Waals surface area contributed by atoms with Crippen molar-refractivity contribution in [3.05, 3.63) is 59.5 Å². The van der Waals surface area contributed by atoms with Crippen molar-refractivity contribution < 1.29 is 27.5 Å². The first-order valence-electron chi connectivity index (χ1n) is 7.47. The van der Waals surface area contributed by atoms with Gasteiger partial charge in [0.25, 0.3) is 5.91 Å². The zero-order valence-corrected chi connectivity index (χ0v) is 13.3. The Labute approximate surface area is 145 Å². The standard InChI is InChI=1S/C17H12F3N3O3/c1-8(16(24)21-12-7-6-10(18)13(19)14(12)20)26-17(25)15-9-4-2-3-5-11(9)22-23-15/h2-8H,1H3,(H,21,24)(H,22,23)/t8-/m0/s1. The van der Waals surface area contributed by atoms with Crippen molar-refractivity contribution in [2.75, 3.05) is 5.32 Å². The highest BCUT2D eigenvalue weighted by Crippen LogP contribution is 2.20. The fourth-order valence-electron chi connectivity index (χ4n) is 2.25. The number of carbonyl (C=O) groups excluding carboxylic acids is 2. The summed E-state index contributed by atoms with van der Waals surface area (Å²) in [5, 5.41) is 9.05. The first-order valence-corrected chi connectivity index (χ1v) is 7.47. The Morgan fingerprint density at radius 3 is 2.62 bits per heavy atom. The Bertz CT molecular complexity index is 1000. The Morgan fingerprint density at radius 1 is 1.12 bits per heavy atom. The van der Waals surface area contributed by atoms with Crippen LogP contribution in [0.1, 0.15) is 17.4 Å². The summed E-state index contributed by atoms with van der Waals surface area (Å²) in [5.74, 6) is -6.42. The molecule has 0 fully saturated rings. The van der Waals surface area contributed by atoms with Crippen LogP contribution in [0.5, 0.6) is 0 Å². The predicted octanol–water partition coefficient (Wildman–Crippen LogP) is 3.16. The number of hydrogen-bond acceptors (Lipinski definition) is 4. The summed E-state index contributed by atoms with van der Waals surface area (Å²) in [6.45, 7) is 1.25. The Morgan fingerprint density at radius 2 is 1.85 bits per heavy atom. The van der Waals surface area contributed by atoms with Gasteiger partial charge in [-0.15, -0.1) is 0 Å². The van der Waals surface area contributed by atoms with E-state index in [1.807, 2.05) is 5.32 Å². The number of halogens is 3. The molecule has 0 spiro atoms. The molecule has 26 heavy (non-hydrogen) atoms. The van der Waals surface area contributed by atoms with E-state index in [0.29, 0.717) is 17.0 Å². The number of hydrogen-bond donors (Lipinski definition) is 2. The first kappa shape index (κ1) is 17.5. The van der Waals surface area contributed by atoms with E-state index in [-0.39, 0.29) is 5.69 Å². The molecule has 0 saturated carbocycles. The number of rotatable bonds is 4. The maximum Gasteiger partial charge on any atom is 0.360 e. The fourth-order valence-corrected chi connectivity index (χ4v) is 2.25. The number of ether oxygens (including phenoxy) is 1. The number of anilines is 1. The summed E-state index contributed by atoms with van der Waals surface area (Å²) < 4.78 is 44.7. The van der Waals surface area contributed by atoms with Gasteiger partial charge in [-0.1, -0.05) is 18.2 Å². The number of nitrogens with zero attached hydrogens (tertiary/aromatic N) is 1. The van der Waals surface area contributed by atoms with Crippen molar-refractivity contribution in [3.63, 3.8) is 0 Å². The summed E-state index contributed by atoms with van der Waals surface area (Å²) in [6, 6.07) is 8.35. The van der Waals surface area contributed by atoms with Gasteiger partial charge in [-0.3, -0.25) is 9.89 Å². The minimum atomic E-state index is -1.71. The normalized spacial score (nSPS) is 12.0. The molecular weight excluding hydrogens is 351 g/mol. The molecule has 0 radical (unpaired) electrons. The third kappa shape index (κ3) is 3.23. The molecule has 0 bridgehead atoms. The van der Waals surface area contributed by atoms with Gasteiger partial charge in [0.2, 0.25) is 0 Å². The molecule has 0 aliphatic heterocycles. The zero-order valence-electron chi connectivity index (χ0n) is 13.3. The highest BCUT2D eigenvalue weighted by Gasteiger charge is 2.24. The molecule has 2 aromatic carbocycles. The van der Waals surface area contributed by atoms with Gasteiger partial charge in [-0.2, -0.15) is 5.10 Å². The number of carbonyl (C=O) groups is 2. The summed E-state index contributed by atoms with van der Waals surface area (Å²) in [6.07, 6.45) is -1.33. The summed E-state index contributed by atoms with van der Waals surface area (Å²) in [4.78, 5) is 24.2. The SMILES string of the molecule is C[C@H](OC(=O)c1n[nH]c2ccccc12)C(=O)Nc1ccc(F)c(F)c1F. The molecule has 1 amide bonds. The van der Waals surface area contributed by atoms with Crippen LogP contribution in [-0.2, 0) is 9.53 Å². The predicted molar refractivity (Wildman–Crippen MR) is 85.9 cm³/mol. The van der Waals surface area contributed by atoms with Crippen molar-refractivity contribution >= 4 is 28.5 Å². The van der Waals surface area contributed by atoms with E-state index < -0.39 is 41.1 Å². The molecular formula is C17H12F3N3O3. The summed E-state index contributed by atoms with van der Waals surface area (Å²) in [5.41, 5.74) is 0.0293. The van der Waals surface area contributed by atoms with E-state index in [9.17, 15) is 22.8 Å². The van der Waals surface area contributed by atoms with Crippen molar-refractivity contribution in [1.82, 2.24) is 10.2 Å². The Balaban J connectivity index is 1.71. The molecule has 1 atom stereocenters. The maximum atomic E-state index is 13.6. The topological polar surface area (TPSA) is 84.1 Å². The monoisotopic (exact) mass is 363 g/mol. The van der Waals surface area contributed by atoms with Gasteiger partial charge in [0.15, 0.2) is 29.2 Å². The Kier molecular flexibility index (Phi) is 4.61. The lowest BCUT2D eigenvalue weighted by Gasteiger charge is -2.13. The number of nitrogens with one attached hydrogen (secondary N) is 2. The number of aromatic amines is 1. The number of amides is 1. The van der Waals surface area contributed by atoms with Crippen LogP contribution >= 0.6 is 0 Å². The quantitative estimate of drug-likeness (QED) is 0.551. The summed E-state index contributed by atoms with van der Waals surface area (Å²) >= 11 is 0. The van der Waals surface area contributed by atoms with Gasteiger partial charge in [0.1, 0.15) is 0 Å². The van der Waals surface area contributed by atoms with Crippen LogP contribution in [0.2, 0.25) is 0 Å². The largest absolute Gasteiger partial charge is 0.448 e. The second kappa shape index (κ2) is 6.87. The van der Waals surface area contributed by atoms with Gasteiger partial charge >= 0.3 is 5.97 Å². The molecule has 2 N–H and O–H groups in total. The molecule has 3 aromatic rings. The molecule has 3 rings (SSSR count). The van der Waals surface area contributed by atoms with Gasteiger partial charge < -0.3 is 10.1 Å². The highest BCUT2D eigenvalue weighted by molar-refractivity contribution is 6.03. The average molecular weight is 363 g/mol. The number of H-pyrrole nitrogens is 1. The number of esters is 1. The summed E-state index contributed by atoms with van der Waals surface area (Å²) in [7, 11) is 0. The number of para-hydroxylation sites is 1. The van der Waals surface area contributed by atoms with E-state index >= 15 is 0 Å². The number of aromatic nitrogens is 2.